The van der Waals surface area contributed by atoms with Gasteiger partial charge in [0.15, 0.2) is 0 Å². The van der Waals surface area contributed by atoms with Crippen molar-refractivity contribution in [1.82, 2.24) is 4.90 Å². The number of ether oxygens (including phenoxy) is 2. The molecule has 0 aromatic heterocycles. The first-order valence-corrected chi connectivity index (χ1v) is 7.24. The van der Waals surface area contributed by atoms with E-state index in [0.29, 0.717) is 5.56 Å². The molecule has 0 bridgehead atoms. The summed E-state index contributed by atoms with van der Waals surface area (Å²) in [5.41, 5.74) is 1.35. The maximum atomic E-state index is 9.07. The lowest BCUT2D eigenvalue weighted by Crippen LogP contribution is -2.56. The predicted octanol–water partition coefficient (Wildman–Crippen LogP) is 2.96. The molecule has 4 nitrogen and oxygen atoms in total. The van der Waals surface area contributed by atoms with Crippen molar-refractivity contribution in [3.63, 3.8) is 0 Å². The summed E-state index contributed by atoms with van der Waals surface area (Å²) in [7, 11) is 1.66. The lowest BCUT2D eigenvalue weighted by Gasteiger charge is -2.47. The lowest BCUT2D eigenvalue weighted by molar-refractivity contribution is -0.182. The van der Waals surface area contributed by atoms with Crippen LogP contribution in [0.2, 0.25) is 0 Å². The Morgan fingerprint density at radius 1 is 1.24 bits per heavy atom. The molecule has 1 heterocycles. The number of morpholine rings is 1. The van der Waals surface area contributed by atoms with Gasteiger partial charge in [0.25, 0.3) is 0 Å². The summed E-state index contributed by atoms with van der Waals surface area (Å²) in [6.07, 6.45) is 0. The van der Waals surface area contributed by atoms with E-state index in [1.807, 2.05) is 12.1 Å². The molecule has 0 radical (unpaired) electrons. The van der Waals surface area contributed by atoms with Gasteiger partial charge in [-0.05, 0) is 45.9 Å². The van der Waals surface area contributed by atoms with E-state index < -0.39 is 0 Å². The molecule has 21 heavy (non-hydrogen) atoms. The molecule has 1 aromatic rings. The Hall–Kier alpha value is -1.57. The van der Waals surface area contributed by atoms with Gasteiger partial charge in [-0.1, -0.05) is 0 Å². The van der Waals surface area contributed by atoms with Crippen LogP contribution in [0.1, 0.15) is 38.8 Å². The van der Waals surface area contributed by atoms with E-state index in [0.717, 1.165) is 30.9 Å². The van der Waals surface area contributed by atoms with Crippen LogP contribution < -0.4 is 4.74 Å². The zero-order chi connectivity index (χ0) is 15.7. The van der Waals surface area contributed by atoms with Gasteiger partial charge in [-0.2, -0.15) is 5.26 Å². The molecule has 0 aliphatic carbocycles. The molecule has 0 atom stereocenters. The molecule has 1 fully saturated rings. The Morgan fingerprint density at radius 3 is 2.38 bits per heavy atom. The molecular formula is C17H24N2O2. The van der Waals surface area contributed by atoms with Gasteiger partial charge >= 0.3 is 0 Å². The minimum atomic E-state index is -0.179. The van der Waals surface area contributed by atoms with Gasteiger partial charge in [0, 0.05) is 25.2 Å². The van der Waals surface area contributed by atoms with Crippen molar-refractivity contribution in [2.24, 2.45) is 0 Å². The van der Waals surface area contributed by atoms with Gasteiger partial charge in [0.1, 0.15) is 5.75 Å². The van der Waals surface area contributed by atoms with Gasteiger partial charge in [0.05, 0.1) is 29.9 Å². The van der Waals surface area contributed by atoms with Crippen LogP contribution in [0.4, 0.5) is 0 Å². The molecule has 0 spiro atoms. The average Bonchev–Trinajstić information content (AvgIpc) is 2.34. The Labute approximate surface area is 127 Å². The van der Waals surface area contributed by atoms with Gasteiger partial charge < -0.3 is 9.47 Å². The second-order valence-electron chi connectivity index (χ2n) is 6.91. The molecule has 1 aliphatic rings. The van der Waals surface area contributed by atoms with E-state index in [4.69, 9.17) is 14.7 Å². The monoisotopic (exact) mass is 288 g/mol. The number of hydrogen-bond donors (Lipinski definition) is 0. The van der Waals surface area contributed by atoms with Crippen LogP contribution in [0.25, 0.3) is 0 Å². The molecule has 1 saturated heterocycles. The Kier molecular flexibility index (Phi) is 4.27. The summed E-state index contributed by atoms with van der Waals surface area (Å²) in [4.78, 5) is 2.36. The van der Waals surface area contributed by atoms with Crippen LogP contribution in [0.3, 0.4) is 0 Å². The molecule has 1 aliphatic heterocycles. The van der Waals surface area contributed by atoms with E-state index >= 15 is 0 Å². The topological polar surface area (TPSA) is 45.5 Å². The third-order valence-corrected chi connectivity index (χ3v) is 3.56. The Morgan fingerprint density at radius 2 is 1.86 bits per heavy atom. The summed E-state index contributed by atoms with van der Waals surface area (Å²) in [6, 6.07) is 7.75. The molecule has 0 N–H and O–H groups in total. The summed E-state index contributed by atoms with van der Waals surface area (Å²) in [6.45, 7) is 10.9. The molecule has 0 amide bonds. The fourth-order valence-electron chi connectivity index (χ4n) is 3.27. The highest BCUT2D eigenvalue weighted by atomic mass is 16.5. The van der Waals surface area contributed by atoms with Crippen molar-refractivity contribution in [3.8, 4) is 11.8 Å². The number of rotatable bonds is 3. The SMILES string of the molecule is COc1ccc(C#N)cc1CN1CC(C)(C)OC(C)(C)C1. The van der Waals surface area contributed by atoms with Gasteiger partial charge in [-0.15, -0.1) is 0 Å². The summed E-state index contributed by atoms with van der Waals surface area (Å²) < 4.78 is 11.5. The summed E-state index contributed by atoms with van der Waals surface area (Å²) in [5, 5.41) is 9.07. The maximum Gasteiger partial charge on any atom is 0.123 e. The first kappa shape index (κ1) is 15.8. The zero-order valence-electron chi connectivity index (χ0n) is 13.6. The second-order valence-corrected chi connectivity index (χ2v) is 6.91. The van der Waals surface area contributed by atoms with Crippen LogP contribution >= 0.6 is 0 Å². The smallest absolute Gasteiger partial charge is 0.123 e. The summed E-state index contributed by atoms with van der Waals surface area (Å²) in [5.74, 6) is 0.830. The van der Waals surface area contributed by atoms with Gasteiger partial charge in [0.2, 0.25) is 0 Å². The Balaban J connectivity index is 2.23. The first-order valence-electron chi connectivity index (χ1n) is 7.24. The maximum absolute atomic E-state index is 9.07. The molecule has 4 heteroatoms. The average molecular weight is 288 g/mol. The third kappa shape index (κ3) is 3.96. The quantitative estimate of drug-likeness (QED) is 0.858. The van der Waals surface area contributed by atoms with E-state index in [9.17, 15) is 0 Å². The van der Waals surface area contributed by atoms with Crippen molar-refractivity contribution in [2.75, 3.05) is 20.2 Å². The minimum Gasteiger partial charge on any atom is -0.496 e. The fraction of sp³-hybridized carbons (Fsp3) is 0.588. The second kappa shape index (κ2) is 5.67. The van der Waals surface area contributed by atoms with Crippen molar-refractivity contribution in [2.45, 2.75) is 45.4 Å². The largest absolute Gasteiger partial charge is 0.496 e. The van der Waals surface area contributed by atoms with Crippen molar-refractivity contribution in [1.29, 1.82) is 5.26 Å². The van der Waals surface area contributed by atoms with Crippen LogP contribution in [0.5, 0.6) is 5.75 Å². The minimum absolute atomic E-state index is 0.179. The Bertz CT molecular complexity index is 542. The molecule has 0 saturated carbocycles. The van der Waals surface area contributed by atoms with Crippen molar-refractivity contribution < 1.29 is 9.47 Å². The van der Waals surface area contributed by atoms with E-state index in [1.54, 1.807) is 13.2 Å². The standard InChI is InChI=1S/C17H24N2O2/c1-16(2)11-19(12-17(3,4)21-16)10-14-8-13(9-18)6-7-15(14)20-5/h6-8H,10-12H2,1-5H3. The molecule has 2 rings (SSSR count). The number of nitriles is 1. The number of nitrogens with zero attached hydrogens (tertiary/aromatic N) is 2. The van der Waals surface area contributed by atoms with E-state index in [2.05, 4.69) is 38.7 Å². The highest BCUT2D eigenvalue weighted by molar-refractivity contribution is 5.42. The van der Waals surface area contributed by atoms with Crippen molar-refractivity contribution >= 4 is 0 Å². The fourth-order valence-corrected chi connectivity index (χ4v) is 3.27. The molecular weight excluding hydrogens is 264 g/mol. The molecule has 0 unspecified atom stereocenters. The predicted molar refractivity (Wildman–Crippen MR) is 82.2 cm³/mol. The number of benzene rings is 1. The van der Waals surface area contributed by atoms with E-state index in [-0.39, 0.29) is 11.2 Å². The van der Waals surface area contributed by atoms with Gasteiger partial charge in [-0.25, -0.2) is 0 Å². The van der Waals surface area contributed by atoms with Crippen LogP contribution in [0, 0.1) is 11.3 Å². The third-order valence-electron chi connectivity index (χ3n) is 3.56. The molecule has 1 aromatic carbocycles. The van der Waals surface area contributed by atoms with Crippen LogP contribution in [-0.2, 0) is 11.3 Å². The zero-order valence-corrected chi connectivity index (χ0v) is 13.6. The number of methoxy groups -OCH3 is 1. The first-order chi connectivity index (χ1) is 9.74. The highest BCUT2D eigenvalue weighted by Gasteiger charge is 2.38. The number of hydrogen-bond acceptors (Lipinski definition) is 4. The highest BCUT2D eigenvalue weighted by Crippen LogP contribution is 2.30. The van der Waals surface area contributed by atoms with E-state index in [1.165, 1.54) is 0 Å². The van der Waals surface area contributed by atoms with Crippen molar-refractivity contribution in [3.05, 3.63) is 29.3 Å². The normalized spacial score (nSPS) is 20.8. The van der Waals surface area contributed by atoms with Crippen LogP contribution in [-0.4, -0.2) is 36.3 Å². The lowest BCUT2D eigenvalue weighted by atomic mass is 9.98. The molecule has 114 valence electrons. The van der Waals surface area contributed by atoms with Crippen LogP contribution in [0.15, 0.2) is 18.2 Å². The van der Waals surface area contributed by atoms with Gasteiger partial charge in [-0.3, -0.25) is 4.90 Å². The summed E-state index contributed by atoms with van der Waals surface area (Å²) >= 11 is 0.